The van der Waals surface area contributed by atoms with Crippen LogP contribution in [0.25, 0.3) is 0 Å². The van der Waals surface area contributed by atoms with Crippen molar-refractivity contribution in [2.24, 2.45) is 13.0 Å². The Morgan fingerprint density at radius 2 is 2.00 bits per heavy atom. The Bertz CT molecular complexity index is 732. The summed E-state index contributed by atoms with van der Waals surface area (Å²) in [5, 5.41) is 3.19. The summed E-state index contributed by atoms with van der Waals surface area (Å²) >= 11 is 0. The maximum atomic E-state index is 12.1. The van der Waals surface area contributed by atoms with Gasteiger partial charge in [-0.25, -0.2) is 0 Å². The number of hydrogen-bond donors (Lipinski definition) is 1. The molecule has 2 aromatic rings. The van der Waals surface area contributed by atoms with Crippen LogP contribution in [0.1, 0.15) is 35.7 Å². The number of nitrogens with one attached hydrogen (secondary N) is 1. The number of aryl methyl sites for hydroxylation is 1. The molecule has 0 radical (unpaired) electrons. The first-order valence-corrected chi connectivity index (χ1v) is 8.92. The van der Waals surface area contributed by atoms with Crippen LogP contribution in [-0.2, 0) is 24.8 Å². The van der Waals surface area contributed by atoms with E-state index in [1.165, 1.54) is 16.8 Å². The molecule has 4 nitrogen and oxygen atoms in total. The van der Waals surface area contributed by atoms with Crippen molar-refractivity contribution in [1.82, 2.24) is 14.8 Å². The van der Waals surface area contributed by atoms with Gasteiger partial charge in [0.1, 0.15) is 0 Å². The maximum Gasteiger partial charge on any atom is 0.223 e. The lowest BCUT2D eigenvalue weighted by Gasteiger charge is -2.36. The molecule has 1 aromatic heterocycles. The quantitative estimate of drug-likeness (QED) is 0.918. The number of carbonyl (C=O) groups is 1. The third-order valence-electron chi connectivity index (χ3n) is 5.34. The largest absolute Gasteiger partial charge is 0.354 e. The number of benzene rings is 1. The molecular weight excluding hydrogens is 298 g/mol. The van der Waals surface area contributed by atoms with Crippen LogP contribution in [0.15, 0.2) is 42.6 Å². The van der Waals surface area contributed by atoms with E-state index in [1.54, 1.807) is 0 Å². The van der Waals surface area contributed by atoms with E-state index >= 15 is 0 Å². The van der Waals surface area contributed by atoms with Crippen LogP contribution in [-0.4, -0.2) is 28.5 Å². The van der Waals surface area contributed by atoms with Gasteiger partial charge in [0.05, 0.1) is 6.04 Å². The number of hydrogen-bond acceptors (Lipinski definition) is 2. The van der Waals surface area contributed by atoms with Gasteiger partial charge in [0.2, 0.25) is 5.91 Å². The van der Waals surface area contributed by atoms with Gasteiger partial charge in [0.15, 0.2) is 0 Å². The van der Waals surface area contributed by atoms with E-state index in [2.05, 4.69) is 64.4 Å². The molecule has 1 amide bonds. The molecule has 0 bridgehead atoms. The Hall–Kier alpha value is -2.07. The van der Waals surface area contributed by atoms with Gasteiger partial charge in [-0.3, -0.25) is 9.69 Å². The van der Waals surface area contributed by atoms with Crippen LogP contribution < -0.4 is 5.32 Å². The standard InChI is InChI=1S/C20H25N3O/c1-22-11-4-7-18(22)19(13-21-20(24)16-8-9-16)23-12-10-15-5-2-3-6-17(15)14-23/h2-7,11,16,19H,8-10,12-14H2,1H3,(H,21,24)/t19-/m1/s1. The fourth-order valence-electron chi connectivity index (χ4n) is 3.71. The number of amides is 1. The zero-order valence-electron chi connectivity index (χ0n) is 14.2. The smallest absolute Gasteiger partial charge is 0.223 e. The number of rotatable bonds is 5. The summed E-state index contributed by atoms with van der Waals surface area (Å²) in [4.78, 5) is 14.6. The summed E-state index contributed by atoms with van der Waals surface area (Å²) in [5.41, 5.74) is 4.14. The highest BCUT2D eigenvalue weighted by Gasteiger charge is 2.31. The summed E-state index contributed by atoms with van der Waals surface area (Å²) in [6.07, 6.45) is 5.27. The minimum atomic E-state index is 0.223. The molecule has 1 saturated carbocycles. The Balaban J connectivity index is 1.54. The Morgan fingerprint density at radius 3 is 2.71 bits per heavy atom. The van der Waals surface area contributed by atoms with Crippen molar-refractivity contribution in [3.8, 4) is 0 Å². The van der Waals surface area contributed by atoms with Crippen LogP contribution in [0.2, 0.25) is 0 Å². The van der Waals surface area contributed by atoms with E-state index < -0.39 is 0 Å². The van der Waals surface area contributed by atoms with Crippen molar-refractivity contribution in [2.45, 2.75) is 31.8 Å². The van der Waals surface area contributed by atoms with Gasteiger partial charge in [0.25, 0.3) is 0 Å². The summed E-state index contributed by atoms with van der Waals surface area (Å²) in [6.45, 7) is 2.67. The van der Waals surface area contributed by atoms with Gasteiger partial charge in [0, 0.05) is 44.5 Å². The molecule has 0 spiro atoms. The molecule has 1 aromatic carbocycles. The van der Waals surface area contributed by atoms with E-state index in [-0.39, 0.29) is 17.9 Å². The maximum absolute atomic E-state index is 12.1. The fourth-order valence-corrected chi connectivity index (χ4v) is 3.71. The molecule has 0 unspecified atom stereocenters. The van der Waals surface area contributed by atoms with Gasteiger partial charge in [-0.05, 0) is 42.5 Å². The summed E-state index contributed by atoms with van der Waals surface area (Å²) in [5.74, 6) is 0.493. The molecule has 1 fully saturated rings. The van der Waals surface area contributed by atoms with Gasteiger partial charge >= 0.3 is 0 Å². The van der Waals surface area contributed by atoms with Gasteiger partial charge in [-0.15, -0.1) is 0 Å². The first kappa shape index (κ1) is 15.5. The highest BCUT2D eigenvalue weighted by molar-refractivity contribution is 5.80. The highest BCUT2D eigenvalue weighted by Crippen LogP contribution is 2.30. The summed E-state index contributed by atoms with van der Waals surface area (Å²) < 4.78 is 2.18. The number of fused-ring (bicyclic) bond motifs is 1. The Kier molecular flexibility index (Phi) is 4.15. The SMILES string of the molecule is Cn1cccc1[C@@H](CNC(=O)C1CC1)N1CCc2ccccc2C1. The monoisotopic (exact) mass is 323 g/mol. The minimum Gasteiger partial charge on any atom is -0.354 e. The second-order valence-electron chi connectivity index (χ2n) is 7.07. The highest BCUT2D eigenvalue weighted by atomic mass is 16.2. The third kappa shape index (κ3) is 3.11. The molecule has 4 rings (SSSR count). The van der Waals surface area contributed by atoms with E-state index in [4.69, 9.17) is 0 Å². The van der Waals surface area contributed by atoms with Crippen LogP contribution in [0.4, 0.5) is 0 Å². The summed E-state index contributed by atoms with van der Waals surface area (Å²) in [7, 11) is 2.09. The first-order valence-electron chi connectivity index (χ1n) is 8.92. The van der Waals surface area contributed by atoms with Crippen molar-refractivity contribution >= 4 is 5.91 Å². The second kappa shape index (κ2) is 6.44. The van der Waals surface area contributed by atoms with Crippen molar-refractivity contribution in [3.63, 3.8) is 0 Å². The normalized spacial score (nSPS) is 18.9. The van der Waals surface area contributed by atoms with E-state index in [9.17, 15) is 4.79 Å². The van der Waals surface area contributed by atoms with Gasteiger partial charge in [-0.1, -0.05) is 24.3 Å². The first-order chi connectivity index (χ1) is 11.7. The van der Waals surface area contributed by atoms with Crippen molar-refractivity contribution in [1.29, 1.82) is 0 Å². The predicted molar refractivity (Wildman–Crippen MR) is 94.4 cm³/mol. The van der Waals surface area contributed by atoms with Crippen LogP contribution >= 0.6 is 0 Å². The molecule has 4 heteroatoms. The molecule has 1 N–H and O–H groups in total. The molecule has 1 aliphatic carbocycles. The average Bonchev–Trinajstić information content (AvgIpc) is 3.38. The van der Waals surface area contributed by atoms with Crippen LogP contribution in [0.5, 0.6) is 0 Å². The average molecular weight is 323 g/mol. The third-order valence-corrected chi connectivity index (χ3v) is 5.34. The topological polar surface area (TPSA) is 37.3 Å². The predicted octanol–water partition coefficient (Wildman–Crippen LogP) is 2.65. The molecule has 24 heavy (non-hydrogen) atoms. The number of aromatic nitrogens is 1. The Labute approximate surface area is 143 Å². The lowest BCUT2D eigenvalue weighted by Crippen LogP contribution is -2.41. The van der Waals surface area contributed by atoms with Crippen molar-refractivity contribution in [3.05, 3.63) is 59.4 Å². The molecule has 1 atom stereocenters. The molecule has 0 saturated heterocycles. The van der Waals surface area contributed by atoms with Gasteiger partial charge in [-0.2, -0.15) is 0 Å². The number of nitrogens with zero attached hydrogens (tertiary/aromatic N) is 2. The van der Waals surface area contributed by atoms with Crippen LogP contribution in [0, 0.1) is 5.92 Å². The molecule has 126 valence electrons. The van der Waals surface area contributed by atoms with E-state index in [1.807, 2.05) is 0 Å². The molecule has 2 heterocycles. The van der Waals surface area contributed by atoms with E-state index in [0.29, 0.717) is 6.54 Å². The zero-order chi connectivity index (χ0) is 16.5. The summed E-state index contributed by atoms with van der Waals surface area (Å²) in [6, 6.07) is 13.2. The second-order valence-corrected chi connectivity index (χ2v) is 7.07. The Morgan fingerprint density at radius 1 is 1.21 bits per heavy atom. The molecular formula is C20H25N3O. The minimum absolute atomic E-state index is 0.223. The molecule has 1 aliphatic heterocycles. The zero-order valence-corrected chi connectivity index (χ0v) is 14.2. The lowest BCUT2D eigenvalue weighted by atomic mass is 9.98. The van der Waals surface area contributed by atoms with E-state index in [0.717, 1.165) is 32.4 Å². The van der Waals surface area contributed by atoms with Gasteiger partial charge < -0.3 is 9.88 Å². The number of carbonyl (C=O) groups excluding carboxylic acids is 1. The van der Waals surface area contributed by atoms with Crippen LogP contribution in [0.3, 0.4) is 0 Å². The lowest BCUT2D eigenvalue weighted by molar-refractivity contribution is -0.122. The van der Waals surface area contributed by atoms with Crippen molar-refractivity contribution < 1.29 is 4.79 Å². The van der Waals surface area contributed by atoms with Crippen molar-refractivity contribution in [2.75, 3.05) is 13.1 Å². The molecule has 2 aliphatic rings. The fraction of sp³-hybridized carbons (Fsp3) is 0.450.